The average molecular weight is 330 g/mol. The Morgan fingerprint density at radius 1 is 1.09 bits per heavy atom. The molecule has 0 aliphatic carbocycles. The van der Waals surface area contributed by atoms with Gasteiger partial charge in [0.15, 0.2) is 0 Å². The summed E-state index contributed by atoms with van der Waals surface area (Å²) in [6.07, 6.45) is 0. The maximum atomic E-state index is 11.6. The number of aliphatic hydroxyl groups is 1. The molecule has 1 aliphatic rings. The fourth-order valence-corrected chi connectivity index (χ4v) is 3.70. The predicted molar refractivity (Wildman–Crippen MR) is 95.9 cm³/mol. The van der Waals surface area contributed by atoms with Gasteiger partial charge in [0.25, 0.3) is 0 Å². The van der Waals surface area contributed by atoms with Crippen LogP contribution in [-0.4, -0.2) is 23.6 Å². The highest BCUT2D eigenvalue weighted by atomic mass is 35.5. The molecule has 0 saturated carbocycles. The molecule has 1 aliphatic heterocycles. The number of likely N-dealkylation sites (N-methyl/N-ethyl adjacent to an activating group) is 1. The summed E-state index contributed by atoms with van der Waals surface area (Å²) in [6, 6.07) is 14.1. The molecule has 3 rings (SSSR count). The van der Waals surface area contributed by atoms with Crippen molar-refractivity contribution in [2.24, 2.45) is 0 Å². The van der Waals surface area contributed by atoms with E-state index >= 15 is 0 Å². The summed E-state index contributed by atoms with van der Waals surface area (Å²) in [7, 11) is 2.03. The summed E-state index contributed by atoms with van der Waals surface area (Å²) in [4.78, 5) is 2.14. The van der Waals surface area contributed by atoms with Crippen molar-refractivity contribution in [2.45, 2.75) is 38.3 Å². The second-order valence-corrected chi connectivity index (χ2v) is 8.04. The highest BCUT2D eigenvalue weighted by Crippen LogP contribution is 2.41. The van der Waals surface area contributed by atoms with Crippen LogP contribution >= 0.6 is 11.6 Å². The lowest BCUT2D eigenvalue weighted by Gasteiger charge is -2.40. The Morgan fingerprint density at radius 2 is 1.78 bits per heavy atom. The van der Waals surface area contributed by atoms with E-state index in [1.807, 2.05) is 37.4 Å². The molecule has 2 nitrogen and oxygen atoms in total. The van der Waals surface area contributed by atoms with E-state index < -0.39 is 5.60 Å². The first kappa shape index (κ1) is 16.5. The van der Waals surface area contributed by atoms with Gasteiger partial charge in [-0.3, -0.25) is 4.90 Å². The lowest BCUT2D eigenvalue weighted by molar-refractivity contribution is 0.0282. The molecule has 3 heteroatoms. The van der Waals surface area contributed by atoms with E-state index in [2.05, 4.69) is 37.8 Å². The summed E-state index contributed by atoms with van der Waals surface area (Å²) < 4.78 is 0. The fourth-order valence-electron chi connectivity index (χ4n) is 3.42. The van der Waals surface area contributed by atoms with E-state index in [1.54, 1.807) is 0 Å². The summed E-state index contributed by atoms with van der Waals surface area (Å²) in [5.74, 6) is 0. The smallest absolute Gasteiger partial charge is 0.129 e. The Hall–Kier alpha value is -1.35. The van der Waals surface area contributed by atoms with Crippen LogP contribution < -0.4 is 0 Å². The lowest BCUT2D eigenvalue weighted by atomic mass is 9.78. The quantitative estimate of drug-likeness (QED) is 0.842. The van der Waals surface area contributed by atoms with Crippen molar-refractivity contribution < 1.29 is 5.11 Å². The summed E-state index contributed by atoms with van der Waals surface area (Å²) in [6.45, 7) is 7.90. The fraction of sp³-hybridized carbons (Fsp3) is 0.400. The van der Waals surface area contributed by atoms with Gasteiger partial charge in [0.05, 0.1) is 0 Å². The summed E-state index contributed by atoms with van der Waals surface area (Å²) >= 11 is 6.50. The van der Waals surface area contributed by atoms with Gasteiger partial charge in [0, 0.05) is 23.7 Å². The van der Waals surface area contributed by atoms with Crippen LogP contribution in [0, 0.1) is 0 Å². The minimum Gasteiger partial charge on any atom is -0.379 e. The maximum Gasteiger partial charge on any atom is 0.129 e. The summed E-state index contributed by atoms with van der Waals surface area (Å²) in [5, 5.41) is 12.2. The molecule has 0 spiro atoms. The molecule has 23 heavy (non-hydrogen) atoms. The maximum absolute atomic E-state index is 11.6. The molecule has 0 bridgehead atoms. The first-order valence-electron chi connectivity index (χ1n) is 8.01. The van der Waals surface area contributed by atoms with Gasteiger partial charge in [-0.15, -0.1) is 0 Å². The van der Waals surface area contributed by atoms with Gasteiger partial charge < -0.3 is 5.11 Å². The van der Waals surface area contributed by atoms with E-state index in [9.17, 15) is 5.11 Å². The molecule has 1 atom stereocenters. The molecular weight excluding hydrogens is 306 g/mol. The first-order chi connectivity index (χ1) is 10.7. The Labute approximate surface area is 143 Å². The zero-order valence-electron chi connectivity index (χ0n) is 14.2. The zero-order valence-corrected chi connectivity index (χ0v) is 15.0. The molecule has 0 fully saturated rings. The van der Waals surface area contributed by atoms with Crippen LogP contribution in [0.2, 0.25) is 5.02 Å². The van der Waals surface area contributed by atoms with E-state index in [4.69, 9.17) is 11.6 Å². The third-order valence-corrected chi connectivity index (χ3v) is 5.01. The number of fused-ring (bicyclic) bond motifs is 1. The molecule has 1 N–H and O–H groups in total. The molecule has 122 valence electrons. The number of rotatable bonds is 1. The Balaban J connectivity index is 2.21. The van der Waals surface area contributed by atoms with E-state index in [1.165, 1.54) is 5.56 Å². The molecule has 1 unspecified atom stereocenters. The predicted octanol–water partition coefficient (Wildman–Crippen LogP) is 4.32. The zero-order chi connectivity index (χ0) is 16.8. The van der Waals surface area contributed by atoms with Gasteiger partial charge in [-0.25, -0.2) is 0 Å². The minimum atomic E-state index is -1.08. The van der Waals surface area contributed by atoms with Crippen LogP contribution in [0.5, 0.6) is 0 Å². The molecule has 0 amide bonds. The van der Waals surface area contributed by atoms with Crippen LogP contribution in [0.15, 0.2) is 42.5 Å². The van der Waals surface area contributed by atoms with Crippen molar-refractivity contribution >= 4 is 11.6 Å². The second-order valence-electron chi connectivity index (χ2n) is 7.63. The number of hydrogen-bond donors (Lipinski definition) is 1. The SMILES string of the molecule is CN1Cc2ccccc2C(O)(c2cc(C(C)(C)C)ccc2Cl)C1. The van der Waals surface area contributed by atoms with Crippen molar-refractivity contribution in [3.05, 3.63) is 69.7 Å². The molecule has 0 saturated heterocycles. The Bertz CT molecular complexity index is 735. The molecule has 1 heterocycles. The third kappa shape index (κ3) is 2.91. The van der Waals surface area contributed by atoms with Gasteiger partial charge in [0.1, 0.15) is 5.60 Å². The first-order valence-corrected chi connectivity index (χ1v) is 8.39. The number of nitrogens with zero attached hydrogens (tertiary/aromatic N) is 1. The van der Waals surface area contributed by atoms with Crippen LogP contribution in [0.25, 0.3) is 0 Å². The van der Waals surface area contributed by atoms with Crippen LogP contribution in [0.4, 0.5) is 0 Å². The van der Waals surface area contributed by atoms with E-state index in [0.717, 1.165) is 23.2 Å². The van der Waals surface area contributed by atoms with Crippen LogP contribution in [-0.2, 0) is 17.6 Å². The monoisotopic (exact) mass is 329 g/mol. The highest BCUT2D eigenvalue weighted by molar-refractivity contribution is 6.31. The van der Waals surface area contributed by atoms with E-state index in [-0.39, 0.29) is 5.41 Å². The number of β-amino-alcohol motifs (C(OH)–C–C–N with tert-alkyl or cyclic N) is 1. The standard InChI is InChI=1S/C20H24ClNO/c1-19(2,3)15-9-10-18(21)17(11-15)20(23)13-22(4)12-14-7-5-6-8-16(14)20/h5-11,23H,12-13H2,1-4H3. The van der Waals surface area contributed by atoms with Gasteiger partial charge >= 0.3 is 0 Å². The van der Waals surface area contributed by atoms with Gasteiger partial charge in [0.2, 0.25) is 0 Å². The van der Waals surface area contributed by atoms with Crippen molar-refractivity contribution in [3.63, 3.8) is 0 Å². The van der Waals surface area contributed by atoms with Crippen LogP contribution in [0.3, 0.4) is 0 Å². The number of halogens is 1. The largest absolute Gasteiger partial charge is 0.379 e. The van der Waals surface area contributed by atoms with Crippen LogP contribution in [0.1, 0.15) is 43.0 Å². The third-order valence-electron chi connectivity index (χ3n) is 4.68. The Morgan fingerprint density at radius 3 is 2.48 bits per heavy atom. The summed E-state index contributed by atoms with van der Waals surface area (Å²) in [5.41, 5.74) is 3.02. The number of hydrogen-bond acceptors (Lipinski definition) is 2. The molecular formula is C20H24ClNO. The minimum absolute atomic E-state index is 0.00971. The average Bonchev–Trinajstić information content (AvgIpc) is 2.46. The Kier molecular flexibility index (Phi) is 4.04. The van der Waals surface area contributed by atoms with Gasteiger partial charge in [-0.05, 0) is 35.2 Å². The molecule has 0 radical (unpaired) electrons. The van der Waals surface area contributed by atoms with Crippen molar-refractivity contribution in [3.8, 4) is 0 Å². The van der Waals surface area contributed by atoms with Crippen molar-refractivity contribution in [1.29, 1.82) is 0 Å². The normalized spacial score (nSPS) is 22.0. The van der Waals surface area contributed by atoms with Crippen molar-refractivity contribution in [1.82, 2.24) is 4.90 Å². The molecule has 0 aromatic heterocycles. The molecule has 2 aromatic carbocycles. The topological polar surface area (TPSA) is 23.5 Å². The highest BCUT2D eigenvalue weighted by Gasteiger charge is 2.40. The van der Waals surface area contributed by atoms with Gasteiger partial charge in [-0.1, -0.05) is 68.8 Å². The lowest BCUT2D eigenvalue weighted by Crippen LogP contribution is -2.45. The van der Waals surface area contributed by atoms with Gasteiger partial charge in [-0.2, -0.15) is 0 Å². The van der Waals surface area contributed by atoms with Crippen molar-refractivity contribution in [2.75, 3.05) is 13.6 Å². The second kappa shape index (κ2) is 5.62. The van der Waals surface area contributed by atoms with E-state index in [0.29, 0.717) is 11.6 Å². The molecule has 2 aromatic rings. The number of benzene rings is 2.